The maximum atomic E-state index is 11.4. The molecule has 2 aromatic heterocycles. The highest BCUT2D eigenvalue weighted by Gasteiger charge is 2.21. The molecule has 0 aliphatic carbocycles. The number of ether oxygens (including phenoxy) is 3. The van der Waals surface area contributed by atoms with E-state index in [0.717, 1.165) is 8.68 Å². The van der Waals surface area contributed by atoms with E-state index in [9.17, 15) is 14.9 Å². The van der Waals surface area contributed by atoms with Crippen molar-refractivity contribution in [2.45, 2.75) is 26.8 Å². The van der Waals surface area contributed by atoms with Gasteiger partial charge in [-0.15, -0.1) is 10.2 Å². The van der Waals surface area contributed by atoms with Crippen LogP contribution in [-0.4, -0.2) is 35.0 Å². The van der Waals surface area contributed by atoms with Gasteiger partial charge in [-0.2, -0.15) is 0 Å². The van der Waals surface area contributed by atoms with Crippen LogP contribution in [0.1, 0.15) is 27.4 Å². The number of furan rings is 1. The Kier molecular flexibility index (Phi) is 6.75. The van der Waals surface area contributed by atoms with Crippen LogP contribution in [0.25, 0.3) is 0 Å². The molecular weight excluding hydrogens is 466 g/mol. The van der Waals surface area contributed by atoms with E-state index >= 15 is 0 Å². The molecule has 0 N–H and O–H groups in total. The van der Waals surface area contributed by atoms with Crippen molar-refractivity contribution >= 4 is 46.5 Å². The number of carbonyl (C=O) groups excluding carboxylic acids is 1. The number of rotatable bonds is 8. The molecule has 3 heterocycles. The number of esters is 1. The summed E-state index contributed by atoms with van der Waals surface area (Å²) in [5, 5.41) is 19.5. The molecule has 10 nitrogen and oxygen atoms in total. The summed E-state index contributed by atoms with van der Waals surface area (Å²) in [6, 6.07) is 6.27. The Labute approximate surface area is 188 Å². The zero-order valence-corrected chi connectivity index (χ0v) is 18.5. The van der Waals surface area contributed by atoms with Crippen LogP contribution < -0.4 is 4.74 Å². The van der Waals surface area contributed by atoms with Gasteiger partial charge in [0.25, 0.3) is 5.69 Å². The summed E-state index contributed by atoms with van der Waals surface area (Å²) in [6.07, 6.45) is 0. The molecule has 31 heavy (non-hydrogen) atoms. The number of nitrogens with zero attached hydrogens (tertiary/aromatic N) is 3. The van der Waals surface area contributed by atoms with Gasteiger partial charge in [0, 0.05) is 29.0 Å². The van der Waals surface area contributed by atoms with Gasteiger partial charge in [-0.25, -0.2) is 4.79 Å². The Morgan fingerprint density at radius 3 is 2.77 bits per heavy atom. The minimum absolute atomic E-state index is 0.00160. The molecule has 0 saturated carbocycles. The summed E-state index contributed by atoms with van der Waals surface area (Å²) in [4.78, 5) is 22.2. The van der Waals surface area contributed by atoms with Crippen LogP contribution in [0.5, 0.6) is 5.75 Å². The van der Waals surface area contributed by atoms with Crippen LogP contribution in [0.3, 0.4) is 0 Å². The fourth-order valence-electron chi connectivity index (χ4n) is 2.75. The first kappa shape index (κ1) is 21.6. The average molecular weight is 482 g/mol. The van der Waals surface area contributed by atoms with E-state index in [4.69, 9.17) is 13.9 Å². The first-order chi connectivity index (χ1) is 15.0. The molecule has 4 rings (SSSR count). The summed E-state index contributed by atoms with van der Waals surface area (Å²) in [6.45, 7) is 0.394. The van der Waals surface area contributed by atoms with Gasteiger partial charge in [0.15, 0.2) is 15.5 Å². The minimum atomic E-state index is -0.523. The molecule has 0 fully saturated rings. The lowest BCUT2D eigenvalue weighted by atomic mass is 10.1. The van der Waals surface area contributed by atoms with Crippen molar-refractivity contribution in [1.29, 1.82) is 0 Å². The van der Waals surface area contributed by atoms with E-state index in [1.165, 1.54) is 54.1 Å². The molecule has 0 unspecified atom stereocenters. The molecular formula is C18H15N3O7S3. The smallest absolute Gasteiger partial charge is 0.373 e. The van der Waals surface area contributed by atoms with Gasteiger partial charge in [0.1, 0.15) is 11.5 Å². The lowest BCUT2D eigenvalue weighted by Gasteiger charge is -2.20. The lowest BCUT2D eigenvalue weighted by Crippen LogP contribution is -2.13. The summed E-state index contributed by atoms with van der Waals surface area (Å²) in [5.41, 5.74) is 1.38. The SMILES string of the molecule is COC(=O)c1ccc(CSc2nnc(SCc3cc([N+](=O)[O-])cc4c3OCOC4)s2)o1. The third kappa shape index (κ3) is 5.18. The second kappa shape index (κ2) is 9.68. The van der Waals surface area contributed by atoms with E-state index in [0.29, 0.717) is 34.1 Å². The number of fused-ring (bicyclic) bond motifs is 1. The van der Waals surface area contributed by atoms with Gasteiger partial charge in [-0.05, 0) is 12.1 Å². The summed E-state index contributed by atoms with van der Waals surface area (Å²) in [5.74, 6) is 1.82. The fourth-order valence-corrected chi connectivity index (χ4v) is 5.63. The number of carbonyl (C=O) groups is 1. The molecule has 0 atom stereocenters. The second-order valence-electron chi connectivity index (χ2n) is 6.13. The highest BCUT2D eigenvalue weighted by atomic mass is 32.2. The van der Waals surface area contributed by atoms with Crippen molar-refractivity contribution in [3.05, 3.63) is 57.0 Å². The van der Waals surface area contributed by atoms with Gasteiger partial charge in [-0.1, -0.05) is 34.9 Å². The Bertz CT molecular complexity index is 1110. The minimum Gasteiger partial charge on any atom is -0.467 e. The van der Waals surface area contributed by atoms with E-state index in [1.54, 1.807) is 12.1 Å². The predicted octanol–water partition coefficient (Wildman–Crippen LogP) is 4.28. The van der Waals surface area contributed by atoms with Crippen LogP contribution in [0, 0.1) is 10.1 Å². The normalized spacial score (nSPS) is 12.8. The second-order valence-corrected chi connectivity index (χ2v) is 9.55. The van der Waals surface area contributed by atoms with Gasteiger partial charge in [0.2, 0.25) is 5.76 Å². The third-order valence-electron chi connectivity index (χ3n) is 4.11. The molecule has 0 spiro atoms. The molecule has 0 bridgehead atoms. The fraction of sp³-hybridized carbons (Fsp3) is 0.278. The predicted molar refractivity (Wildman–Crippen MR) is 112 cm³/mol. The largest absolute Gasteiger partial charge is 0.467 e. The Morgan fingerprint density at radius 1 is 1.26 bits per heavy atom. The van der Waals surface area contributed by atoms with Gasteiger partial charge >= 0.3 is 5.97 Å². The van der Waals surface area contributed by atoms with Crippen LogP contribution in [-0.2, 0) is 27.6 Å². The van der Waals surface area contributed by atoms with E-state index in [1.807, 2.05) is 0 Å². The zero-order chi connectivity index (χ0) is 21.8. The number of methoxy groups -OCH3 is 1. The van der Waals surface area contributed by atoms with Gasteiger partial charge in [0.05, 0.1) is 24.4 Å². The first-order valence-electron chi connectivity index (χ1n) is 8.80. The van der Waals surface area contributed by atoms with Gasteiger partial charge < -0.3 is 18.6 Å². The monoisotopic (exact) mass is 481 g/mol. The van der Waals surface area contributed by atoms with Crippen LogP contribution >= 0.6 is 34.9 Å². The Balaban J connectivity index is 1.38. The number of hydrogen-bond acceptors (Lipinski definition) is 12. The molecule has 162 valence electrons. The highest BCUT2D eigenvalue weighted by molar-refractivity contribution is 8.02. The molecule has 0 saturated heterocycles. The summed E-state index contributed by atoms with van der Waals surface area (Å²) >= 11 is 4.26. The molecule has 0 radical (unpaired) electrons. The number of nitro benzene ring substituents is 1. The molecule has 13 heteroatoms. The molecule has 0 amide bonds. The molecule has 1 aliphatic heterocycles. The van der Waals surface area contributed by atoms with Crippen molar-refractivity contribution < 1.29 is 28.3 Å². The zero-order valence-electron chi connectivity index (χ0n) is 16.1. The van der Waals surface area contributed by atoms with E-state index < -0.39 is 10.9 Å². The standard InChI is InChI=1S/C18H15N3O7S3/c1-25-16(22)14-3-2-13(28-14)8-30-18-20-19-17(31-18)29-7-11-5-12(21(23)24)4-10-6-26-9-27-15(10)11/h2-5H,6-9H2,1H3. The van der Waals surface area contributed by atoms with Crippen LogP contribution in [0.4, 0.5) is 5.69 Å². The highest BCUT2D eigenvalue weighted by Crippen LogP contribution is 2.38. The maximum absolute atomic E-state index is 11.4. The van der Waals surface area contributed by atoms with Crippen molar-refractivity contribution in [1.82, 2.24) is 10.2 Å². The number of hydrogen-bond donors (Lipinski definition) is 0. The van der Waals surface area contributed by atoms with Gasteiger partial charge in [-0.3, -0.25) is 10.1 Å². The summed E-state index contributed by atoms with van der Waals surface area (Å²) in [7, 11) is 1.29. The molecule has 1 aromatic carbocycles. The average Bonchev–Trinajstić information content (AvgIpc) is 3.44. The van der Waals surface area contributed by atoms with E-state index in [2.05, 4.69) is 14.9 Å². The Morgan fingerprint density at radius 2 is 2.03 bits per heavy atom. The summed E-state index contributed by atoms with van der Waals surface area (Å²) < 4.78 is 22.3. The number of nitro groups is 1. The maximum Gasteiger partial charge on any atom is 0.373 e. The number of aromatic nitrogens is 2. The lowest BCUT2D eigenvalue weighted by molar-refractivity contribution is -0.385. The van der Waals surface area contributed by atoms with Crippen LogP contribution in [0.15, 0.2) is 37.4 Å². The third-order valence-corrected chi connectivity index (χ3v) is 7.37. The van der Waals surface area contributed by atoms with E-state index in [-0.39, 0.29) is 24.8 Å². The Hall–Kier alpha value is -2.61. The van der Waals surface area contributed by atoms with Crippen LogP contribution in [0.2, 0.25) is 0 Å². The van der Waals surface area contributed by atoms with Crippen molar-refractivity contribution in [2.75, 3.05) is 13.9 Å². The van der Waals surface area contributed by atoms with Crippen molar-refractivity contribution in [2.24, 2.45) is 0 Å². The topological polar surface area (TPSA) is 127 Å². The number of benzene rings is 1. The quantitative estimate of drug-likeness (QED) is 0.198. The first-order valence-corrected chi connectivity index (χ1v) is 11.6. The molecule has 3 aromatic rings. The van der Waals surface area contributed by atoms with Crippen molar-refractivity contribution in [3.8, 4) is 5.75 Å². The number of non-ortho nitro benzene ring substituents is 1. The number of thioether (sulfide) groups is 2. The van der Waals surface area contributed by atoms with Crippen molar-refractivity contribution in [3.63, 3.8) is 0 Å². The molecule has 1 aliphatic rings.